The molecule has 5 aromatic rings. The van der Waals surface area contributed by atoms with Gasteiger partial charge in [-0.25, -0.2) is 23.0 Å². The van der Waals surface area contributed by atoms with E-state index in [-0.39, 0.29) is 27.6 Å². The van der Waals surface area contributed by atoms with Crippen molar-refractivity contribution in [3.63, 3.8) is 0 Å². The van der Waals surface area contributed by atoms with Gasteiger partial charge in [-0.2, -0.15) is 5.26 Å². The summed E-state index contributed by atoms with van der Waals surface area (Å²) in [4.78, 5) is 24.5. The third kappa shape index (κ3) is 4.95. The Morgan fingerprint density at radius 2 is 1.75 bits per heavy atom. The molecule has 0 spiro atoms. The van der Waals surface area contributed by atoms with E-state index in [1.54, 1.807) is 33.7 Å². The molecule has 2 heterocycles. The third-order valence-corrected chi connectivity index (χ3v) is 7.52. The lowest BCUT2D eigenvalue weighted by Gasteiger charge is -2.19. The molecule has 2 aromatic heterocycles. The molecule has 40 heavy (non-hydrogen) atoms. The molecule has 10 nitrogen and oxygen atoms in total. The van der Waals surface area contributed by atoms with Crippen LogP contribution in [0.3, 0.4) is 0 Å². The zero-order valence-electron chi connectivity index (χ0n) is 21.9. The van der Waals surface area contributed by atoms with E-state index in [9.17, 15) is 13.2 Å². The highest BCUT2D eigenvalue weighted by molar-refractivity contribution is 7.92. The van der Waals surface area contributed by atoms with E-state index < -0.39 is 10.0 Å². The molecule has 0 saturated heterocycles. The average Bonchev–Trinajstić information content (AvgIpc) is 2.97. The number of nitrogens with zero attached hydrogens (tertiary/aromatic N) is 5. The van der Waals surface area contributed by atoms with E-state index in [1.165, 1.54) is 37.6 Å². The van der Waals surface area contributed by atoms with E-state index in [0.717, 1.165) is 0 Å². The SMILES string of the molecule is COc1ncc(-c2ccc3nc(N(C)C)n(-c4ccccc4)c(=O)c3c2)cc1NS(=O)(=O)c1cccc(C#N)c1. The Kier molecular flexibility index (Phi) is 6.94. The lowest BCUT2D eigenvalue weighted by molar-refractivity contribution is 0.400. The average molecular weight is 553 g/mol. The fraction of sp³-hybridized carbons (Fsp3) is 0.103. The van der Waals surface area contributed by atoms with E-state index in [4.69, 9.17) is 15.0 Å². The molecule has 0 fully saturated rings. The summed E-state index contributed by atoms with van der Waals surface area (Å²) in [5.74, 6) is 0.549. The van der Waals surface area contributed by atoms with Crippen LogP contribution in [0, 0.1) is 11.3 Å². The normalized spacial score (nSPS) is 11.2. The van der Waals surface area contributed by atoms with Crippen LogP contribution in [-0.4, -0.2) is 44.2 Å². The van der Waals surface area contributed by atoms with Gasteiger partial charge in [0.05, 0.1) is 40.2 Å². The first-order chi connectivity index (χ1) is 19.2. The number of hydrogen-bond donors (Lipinski definition) is 1. The third-order valence-electron chi connectivity index (χ3n) is 6.16. The molecule has 0 aliphatic carbocycles. The molecular weight excluding hydrogens is 528 g/mol. The smallest absolute Gasteiger partial charge is 0.267 e. The maximum absolute atomic E-state index is 13.7. The fourth-order valence-electron chi connectivity index (χ4n) is 4.25. The number of fused-ring (bicyclic) bond motifs is 1. The summed E-state index contributed by atoms with van der Waals surface area (Å²) in [7, 11) is 0.970. The number of pyridine rings is 1. The second-order valence-corrected chi connectivity index (χ2v) is 10.7. The van der Waals surface area contributed by atoms with E-state index in [1.807, 2.05) is 50.5 Å². The summed E-state index contributed by atoms with van der Waals surface area (Å²) < 4.78 is 35.6. The van der Waals surface area contributed by atoms with Crippen molar-refractivity contribution in [2.24, 2.45) is 0 Å². The summed E-state index contributed by atoms with van der Waals surface area (Å²) in [5, 5.41) is 9.54. The van der Waals surface area contributed by atoms with Crippen molar-refractivity contribution in [3.05, 3.63) is 101 Å². The van der Waals surface area contributed by atoms with Gasteiger partial charge in [-0.05, 0) is 54.1 Å². The first-order valence-electron chi connectivity index (χ1n) is 12.1. The molecule has 5 rings (SSSR count). The standard InChI is InChI=1S/C29H24N6O4S/c1-34(2)29-32-25-13-12-20(15-24(25)28(36)35(29)22-9-5-4-6-10-22)21-16-26(27(39-3)31-18-21)33-40(37,38)23-11-7-8-19(14-23)17-30/h4-16,18,33H,1-3H3. The summed E-state index contributed by atoms with van der Waals surface area (Å²) in [6.07, 6.45) is 1.53. The molecule has 0 atom stereocenters. The fourth-order valence-corrected chi connectivity index (χ4v) is 5.34. The van der Waals surface area contributed by atoms with Crippen LogP contribution in [0.1, 0.15) is 5.56 Å². The van der Waals surface area contributed by atoms with Crippen LogP contribution in [0.15, 0.2) is 94.7 Å². The highest BCUT2D eigenvalue weighted by atomic mass is 32.2. The van der Waals surface area contributed by atoms with E-state index >= 15 is 0 Å². The number of ether oxygens (including phenoxy) is 1. The number of sulfonamides is 1. The number of aromatic nitrogens is 3. The first kappa shape index (κ1) is 26.4. The van der Waals surface area contributed by atoms with Crippen LogP contribution in [0.25, 0.3) is 27.7 Å². The van der Waals surface area contributed by atoms with Gasteiger partial charge in [0.25, 0.3) is 15.6 Å². The molecular formula is C29H24N6O4S. The lowest BCUT2D eigenvalue weighted by atomic mass is 10.0. The highest BCUT2D eigenvalue weighted by Gasteiger charge is 2.20. The largest absolute Gasteiger partial charge is 0.480 e. The minimum Gasteiger partial charge on any atom is -0.480 e. The second kappa shape index (κ2) is 10.5. The molecule has 0 aliphatic rings. The number of methoxy groups -OCH3 is 1. The first-order valence-corrected chi connectivity index (χ1v) is 13.6. The van der Waals surface area contributed by atoms with Crippen molar-refractivity contribution < 1.29 is 13.2 Å². The van der Waals surface area contributed by atoms with Gasteiger partial charge >= 0.3 is 0 Å². The van der Waals surface area contributed by atoms with Gasteiger partial charge in [-0.3, -0.25) is 9.52 Å². The van der Waals surface area contributed by atoms with Crippen LogP contribution in [0.4, 0.5) is 11.6 Å². The van der Waals surface area contributed by atoms with Gasteiger partial charge in [0.1, 0.15) is 5.69 Å². The van der Waals surface area contributed by atoms with Crippen molar-refractivity contribution in [2.75, 3.05) is 30.8 Å². The van der Waals surface area contributed by atoms with Crippen LogP contribution in [0.2, 0.25) is 0 Å². The molecule has 0 saturated carbocycles. The van der Waals surface area contributed by atoms with E-state index in [0.29, 0.717) is 33.7 Å². The predicted molar refractivity (Wildman–Crippen MR) is 153 cm³/mol. The summed E-state index contributed by atoms with van der Waals surface area (Å²) in [5.41, 5.74) is 2.44. The number of rotatable bonds is 7. The van der Waals surface area contributed by atoms with Crippen LogP contribution in [0.5, 0.6) is 5.88 Å². The van der Waals surface area contributed by atoms with Crippen molar-refractivity contribution in [1.29, 1.82) is 5.26 Å². The van der Waals surface area contributed by atoms with E-state index in [2.05, 4.69) is 9.71 Å². The molecule has 0 amide bonds. The van der Waals surface area contributed by atoms with Gasteiger partial charge in [0.15, 0.2) is 0 Å². The lowest BCUT2D eigenvalue weighted by Crippen LogP contribution is -2.27. The molecule has 0 unspecified atom stereocenters. The molecule has 11 heteroatoms. The molecule has 0 bridgehead atoms. The minimum absolute atomic E-state index is 0.0632. The summed E-state index contributed by atoms with van der Waals surface area (Å²) in [6, 6.07) is 23.7. The van der Waals surface area contributed by atoms with Crippen LogP contribution >= 0.6 is 0 Å². The zero-order chi connectivity index (χ0) is 28.4. The van der Waals surface area contributed by atoms with Crippen molar-refractivity contribution in [2.45, 2.75) is 4.90 Å². The topological polar surface area (TPSA) is 130 Å². The zero-order valence-corrected chi connectivity index (χ0v) is 22.7. The van der Waals surface area contributed by atoms with Gasteiger partial charge in [0.2, 0.25) is 11.8 Å². The van der Waals surface area contributed by atoms with Gasteiger partial charge in [0, 0.05) is 25.9 Å². The van der Waals surface area contributed by atoms with Crippen molar-refractivity contribution in [1.82, 2.24) is 14.5 Å². The monoisotopic (exact) mass is 552 g/mol. The summed E-state index contributed by atoms with van der Waals surface area (Å²) >= 11 is 0. The number of nitriles is 1. The number of anilines is 2. The Morgan fingerprint density at radius 1 is 0.975 bits per heavy atom. The number of nitrogens with one attached hydrogen (secondary N) is 1. The van der Waals surface area contributed by atoms with Crippen molar-refractivity contribution in [3.8, 4) is 28.8 Å². The number of benzene rings is 3. The van der Waals surface area contributed by atoms with Gasteiger partial charge in [-0.15, -0.1) is 0 Å². The van der Waals surface area contributed by atoms with Crippen LogP contribution in [-0.2, 0) is 10.0 Å². The minimum atomic E-state index is -4.06. The van der Waals surface area contributed by atoms with Gasteiger partial charge in [-0.1, -0.05) is 30.3 Å². The second-order valence-electron chi connectivity index (χ2n) is 9.04. The number of para-hydroxylation sites is 1. The molecule has 200 valence electrons. The predicted octanol–water partition coefficient (Wildman–Crippen LogP) is 4.19. The maximum Gasteiger partial charge on any atom is 0.267 e. The molecule has 3 aromatic carbocycles. The Hall–Kier alpha value is -5.21. The Morgan fingerprint density at radius 3 is 2.45 bits per heavy atom. The highest BCUT2D eigenvalue weighted by Crippen LogP contribution is 2.31. The Balaban J connectivity index is 1.61. The van der Waals surface area contributed by atoms with Crippen LogP contribution < -0.4 is 19.9 Å². The van der Waals surface area contributed by atoms with Gasteiger partial charge < -0.3 is 9.64 Å². The summed E-state index contributed by atoms with van der Waals surface area (Å²) in [6.45, 7) is 0. The quantitative estimate of drug-likeness (QED) is 0.318. The maximum atomic E-state index is 13.7. The molecule has 1 N–H and O–H groups in total. The number of hydrogen-bond acceptors (Lipinski definition) is 8. The Labute approximate surface area is 230 Å². The molecule has 0 radical (unpaired) electrons. The molecule has 0 aliphatic heterocycles. The van der Waals surface area contributed by atoms with Crippen molar-refractivity contribution >= 4 is 32.6 Å². The Bertz CT molecular complexity index is 1950.